The zero-order valence-corrected chi connectivity index (χ0v) is 16.4. The maximum Gasteiger partial charge on any atom is 0.317 e. The molecule has 6 heteroatoms. The second-order valence-corrected chi connectivity index (χ2v) is 8.17. The molecule has 0 unspecified atom stereocenters. The van der Waals surface area contributed by atoms with Gasteiger partial charge in [-0.05, 0) is 50.7 Å². The molecule has 0 bridgehead atoms. The summed E-state index contributed by atoms with van der Waals surface area (Å²) in [6, 6.07) is 4.28. The van der Waals surface area contributed by atoms with Crippen molar-refractivity contribution < 1.29 is 14.0 Å². The Hall–Kier alpha value is -1.98. The van der Waals surface area contributed by atoms with Gasteiger partial charge >= 0.3 is 6.03 Å². The molecule has 2 N–H and O–H groups in total. The molecule has 0 spiro atoms. The lowest BCUT2D eigenvalue weighted by Gasteiger charge is -2.34. The number of likely N-dealkylation sites (tertiary alicyclic amines) is 1. The summed E-state index contributed by atoms with van der Waals surface area (Å²) in [5, 5.41) is 6.25. The molecule has 1 aliphatic heterocycles. The summed E-state index contributed by atoms with van der Waals surface area (Å²) >= 11 is 0. The molecule has 1 aliphatic carbocycles. The number of amides is 3. The van der Waals surface area contributed by atoms with Crippen LogP contribution in [0.1, 0.15) is 64.1 Å². The number of furan rings is 1. The van der Waals surface area contributed by atoms with E-state index in [1.807, 2.05) is 24.0 Å². The molecule has 1 saturated carbocycles. The van der Waals surface area contributed by atoms with Crippen molar-refractivity contribution in [1.82, 2.24) is 15.5 Å². The third-order valence-electron chi connectivity index (χ3n) is 5.80. The van der Waals surface area contributed by atoms with Crippen molar-refractivity contribution in [2.24, 2.45) is 5.92 Å². The highest BCUT2D eigenvalue weighted by molar-refractivity contribution is 5.77. The van der Waals surface area contributed by atoms with Crippen LogP contribution in [-0.4, -0.2) is 42.0 Å². The quantitative estimate of drug-likeness (QED) is 0.799. The van der Waals surface area contributed by atoms with Gasteiger partial charge in [-0.1, -0.05) is 19.3 Å². The molecular formula is C21H33N3O3. The Morgan fingerprint density at radius 2 is 1.93 bits per heavy atom. The van der Waals surface area contributed by atoms with E-state index in [4.69, 9.17) is 4.42 Å². The summed E-state index contributed by atoms with van der Waals surface area (Å²) in [7, 11) is 0. The van der Waals surface area contributed by atoms with Crippen LogP contribution in [0, 0.1) is 5.92 Å². The summed E-state index contributed by atoms with van der Waals surface area (Å²) in [5.74, 6) is 1.35. The van der Waals surface area contributed by atoms with Gasteiger partial charge in [0.1, 0.15) is 5.76 Å². The second-order valence-electron chi connectivity index (χ2n) is 8.17. The molecule has 2 fully saturated rings. The number of carbonyl (C=O) groups excluding carboxylic acids is 2. The summed E-state index contributed by atoms with van der Waals surface area (Å²) in [4.78, 5) is 26.6. The molecule has 1 saturated heterocycles. The molecule has 27 heavy (non-hydrogen) atoms. The topological polar surface area (TPSA) is 74.6 Å². The van der Waals surface area contributed by atoms with Gasteiger partial charge in [0.05, 0.1) is 6.26 Å². The van der Waals surface area contributed by atoms with Crippen LogP contribution in [0.15, 0.2) is 22.8 Å². The molecule has 3 amide bonds. The minimum atomic E-state index is 0.0602. The van der Waals surface area contributed by atoms with Gasteiger partial charge in [0.25, 0.3) is 0 Å². The normalized spacial score (nSPS) is 20.3. The first-order valence-corrected chi connectivity index (χ1v) is 10.5. The molecule has 0 radical (unpaired) electrons. The molecular weight excluding hydrogens is 342 g/mol. The molecule has 3 rings (SSSR count). The maximum atomic E-state index is 12.4. The Bertz CT molecular complexity index is 588. The summed E-state index contributed by atoms with van der Waals surface area (Å²) in [6.45, 7) is 3.50. The fourth-order valence-electron chi connectivity index (χ4n) is 4.23. The lowest BCUT2D eigenvalue weighted by Crippen LogP contribution is -2.48. The lowest BCUT2D eigenvalue weighted by molar-refractivity contribution is -0.122. The van der Waals surface area contributed by atoms with E-state index < -0.39 is 0 Å². The predicted molar refractivity (Wildman–Crippen MR) is 104 cm³/mol. The highest BCUT2D eigenvalue weighted by atomic mass is 16.3. The SMILES string of the molecule is C[C@@H](Cc1ccco1)NC(=O)CC1CCN(C(=O)NC2CCCCC2)CC1. The standard InChI is InChI=1S/C21H33N3O3/c1-16(14-19-8-5-13-27-19)22-20(25)15-17-9-11-24(12-10-17)21(26)23-18-6-3-2-4-7-18/h5,8,13,16-18H,2-4,6-7,9-12,14-15H2,1H3,(H,22,25)(H,23,26)/t16-/m0/s1. The van der Waals surface area contributed by atoms with Crippen molar-refractivity contribution in [3.63, 3.8) is 0 Å². The number of nitrogens with zero attached hydrogens (tertiary/aromatic N) is 1. The first-order valence-electron chi connectivity index (χ1n) is 10.5. The fraction of sp³-hybridized carbons (Fsp3) is 0.714. The monoisotopic (exact) mass is 375 g/mol. The van der Waals surface area contributed by atoms with E-state index in [0.29, 0.717) is 24.8 Å². The highest BCUT2D eigenvalue weighted by Crippen LogP contribution is 2.22. The highest BCUT2D eigenvalue weighted by Gasteiger charge is 2.26. The summed E-state index contributed by atoms with van der Waals surface area (Å²) < 4.78 is 5.33. The van der Waals surface area contributed by atoms with Crippen molar-refractivity contribution >= 4 is 11.9 Å². The first-order chi connectivity index (χ1) is 13.1. The predicted octanol–water partition coefficient (Wildman–Crippen LogP) is 3.47. The van der Waals surface area contributed by atoms with Gasteiger partial charge in [-0.2, -0.15) is 0 Å². The Labute approximate surface area is 162 Å². The van der Waals surface area contributed by atoms with Crippen LogP contribution >= 0.6 is 0 Å². The number of nitrogens with one attached hydrogen (secondary N) is 2. The van der Waals surface area contributed by atoms with Gasteiger partial charge in [-0.25, -0.2) is 4.79 Å². The molecule has 0 aromatic carbocycles. The van der Waals surface area contributed by atoms with E-state index >= 15 is 0 Å². The van der Waals surface area contributed by atoms with Gasteiger partial charge in [0.15, 0.2) is 0 Å². The smallest absolute Gasteiger partial charge is 0.317 e. The third kappa shape index (κ3) is 6.29. The Kier molecular flexibility index (Phi) is 7.18. The van der Waals surface area contributed by atoms with Crippen LogP contribution in [0.5, 0.6) is 0 Å². The zero-order valence-electron chi connectivity index (χ0n) is 16.4. The number of carbonyl (C=O) groups is 2. The summed E-state index contributed by atoms with van der Waals surface area (Å²) in [6.07, 6.45) is 10.7. The average molecular weight is 376 g/mol. The van der Waals surface area contributed by atoms with E-state index in [1.165, 1.54) is 19.3 Å². The van der Waals surface area contributed by atoms with Crippen LogP contribution in [0.25, 0.3) is 0 Å². The van der Waals surface area contributed by atoms with E-state index in [2.05, 4.69) is 10.6 Å². The molecule has 1 aromatic rings. The van der Waals surface area contributed by atoms with Crippen molar-refractivity contribution in [2.45, 2.75) is 76.8 Å². The molecule has 6 nitrogen and oxygen atoms in total. The van der Waals surface area contributed by atoms with Crippen molar-refractivity contribution in [3.8, 4) is 0 Å². The fourth-order valence-corrected chi connectivity index (χ4v) is 4.23. The van der Waals surface area contributed by atoms with Crippen molar-refractivity contribution in [1.29, 1.82) is 0 Å². The van der Waals surface area contributed by atoms with Gasteiger partial charge in [-0.15, -0.1) is 0 Å². The largest absolute Gasteiger partial charge is 0.469 e. The van der Waals surface area contributed by atoms with Crippen LogP contribution in [-0.2, 0) is 11.2 Å². The Morgan fingerprint density at radius 1 is 1.19 bits per heavy atom. The van der Waals surface area contributed by atoms with Gasteiger partial charge in [-0.3, -0.25) is 4.79 Å². The molecule has 2 aliphatic rings. The minimum absolute atomic E-state index is 0.0602. The minimum Gasteiger partial charge on any atom is -0.469 e. The molecule has 1 atom stereocenters. The number of piperidine rings is 1. The number of urea groups is 1. The molecule has 2 heterocycles. The van der Waals surface area contributed by atoms with E-state index in [0.717, 1.165) is 44.5 Å². The number of hydrogen-bond acceptors (Lipinski definition) is 3. The summed E-state index contributed by atoms with van der Waals surface area (Å²) in [5.41, 5.74) is 0. The van der Waals surface area contributed by atoms with E-state index in [9.17, 15) is 9.59 Å². The van der Waals surface area contributed by atoms with Gasteiger partial charge < -0.3 is 20.0 Å². The van der Waals surface area contributed by atoms with E-state index in [1.54, 1.807) is 6.26 Å². The van der Waals surface area contributed by atoms with Crippen LogP contribution in [0.2, 0.25) is 0 Å². The zero-order chi connectivity index (χ0) is 19.1. The second kappa shape index (κ2) is 9.81. The van der Waals surface area contributed by atoms with Gasteiger partial charge in [0, 0.05) is 38.0 Å². The van der Waals surface area contributed by atoms with E-state index in [-0.39, 0.29) is 18.0 Å². The van der Waals surface area contributed by atoms with Crippen LogP contribution in [0.3, 0.4) is 0 Å². The van der Waals surface area contributed by atoms with Crippen molar-refractivity contribution in [3.05, 3.63) is 24.2 Å². The van der Waals surface area contributed by atoms with Crippen LogP contribution in [0.4, 0.5) is 4.79 Å². The maximum absolute atomic E-state index is 12.4. The third-order valence-corrected chi connectivity index (χ3v) is 5.80. The Balaban J connectivity index is 1.33. The Morgan fingerprint density at radius 3 is 2.59 bits per heavy atom. The average Bonchev–Trinajstić information content (AvgIpc) is 3.15. The van der Waals surface area contributed by atoms with Gasteiger partial charge in [0.2, 0.25) is 5.91 Å². The van der Waals surface area contributed by atoms with Crippen LogP contribution < -0.4 is 10.6 Å². The molecule has 1 aromatic heterocycles. The number of rotatable bonds is 6. The molecule has 150 valence electrons. The van der Waals surface area contributed by atoms with Crippen molar-refractivity contribution in [2.75, 3.05) is 13.1 Å². The number of hydrogen-bond donors (Lipinski definition) is 2. The first kappa shape index (κ1) is 19.8. The lowest BCUT2D eigenvalue weighted by atomic mass is 9.93.